The second kappa shape index (κ2) is 10.2. The molecule has 5 rings (SSSR count). The third-order valence-electron chi connectivity index (χ3n) is 6.23. The molecule has 36 heavy (non-hydrogen) atoms. The highest BCUT2D eigenvalue weighted by atomic mass is 16.5. The molecule has 0 radical (unpaired) electrons. The van der Waals surface area contributed by atoms with Crippen molar-refractivity contribution in [2.24, 2.45) is 0 Å². The molecule has 186 valence electrons. The zero-order valence-electron chi connectivity index (χ0n) is 20.0. The zero-order valence-corrected chi connectivity index (χ0v) is 20.0. The molecule has 1 aliphatic heterocycles. The zero-order chi connectivity index (χ0) is 25.1. The highest BCUT2D eigenvalue weighted by Crippen LogP contribution is 2.32. The molecular weight excluding hydrogens is 460 g/mol. The van der Waals surface area contributed by atoms with E-state index in [9.17, 15) is 14.4 Å². The van der Waals surface area contributed by atoms with E-state index in [0.29, 0.717) is 36.9 Å². The molecule has 1 saturated carbocycles. The minimum absolute atomic E-state index is 0.0181. The number of rotatable bonds is 8. The predicted octanol–water partition coefficient (Wildman–Crippen LogP) is 1.69. The number of benzene rings is 2. The van der Waals surface area contributed by atoms with Crippen molar-refractivity contribution in [1.82, 2.24) is 25.4 Å². The number of carbonyl (C=O) groups excluding carboxylic acids is 3. The first-order chi connectivity index (χ1) is 17.5. The Labute approximate surface area is 208 Å². The third kappa shape index (κ3) is 5.54. The topological polar surface area (TPSA) is 118 Å². The highest BCUT2D eigenvalue weighted by molar-refractivity contribution is 6.02. The van der Waals surface area contributed by atoms with E-state index in [4.69, 9.17) is 4.74 Å². The van der Waals surface area contributed by atoms with Gasteiger partial charge in [0, 0.05) is 19.5 Å². The standard InChI is InChI=1S/C26H28N6O4/c1-31-21-13-17(8-12-23(33)28-19-9-10-19)7-11-22(21)36-15-20(26(31)35)29-25(34)24-27-16-32(30-24)14-18-5-3-2-4-6-18/h2-7,11,13,16,19-20H,8-10,12,14-15H2,1H3,(H,28,33)(H,29,34)/t20-/m1/s1. The Bertz CT molecular complexity index is 1270. The van der Waals surface area contributed by atoms with Gasteiger partial charge in [0.1, 0.15) is 24.7 Å². The second-order valence-corrected chi connectivity index (χ2v) is 9.13. The van der Waals surface area contributed by atoms with Crippen LogP contribution in [0.15, 0.2) is 54.9 Å². The maximum Gasteiger partial charge on any atom is 0.291 e. The Morgan fingerprint density at radius 1 is 1.08 bits per heavy atom. The fourth-order valence-electron chi connectivity index (χ4n) is 4.06. The lowest BCUT2D eigenvalue weighted by atomic mass is 10.1. The predicted molar refractivity (Wildman–Crippen MR) is 132 cm³/mol. The monoisotopic (exact) mass is 488 g/mol. The molecule has 1 atom stereocenters. The first-order valence-corrected chi connectivity index (χ1v) is 12.0. The molecular formula is C26H28N6O4. The number of anilines is 1. The molecule has 0 unspecified atom stereocenters. The minimum Gasteiger partial charge on any atom is -0.489 e. The largest absolute Gasteiger partial charge is 0.489 e. The van der Waals surface area contributed by atoms with Crippen LogP contribution in [0.3, 0.4) is 0 Å². The van der Waals surface area contributed by atoms with E-state index in [1.54, 1.807) is 17.8 Å². The summed E-state index contributed by atoms with van der Waals surface area (Å²) in [5.74, 6) is -0.301. The van der Waals surface area contributed by atoms with Gasteiger partial charge in [0.2, 0.25) is 11.7 Å². The minimum atomic E-state index is -0.899. The van der Waals surface area contributed by atoms with Crippen molar-refractivity contribution >= 4 is 23.4 Å². The van der Waals surface area contributed by atoms with Crippen LogP contribution in [0.1, 0.15) is 41.0 Å². The van der Waals surface area contributed by atoms with Crippen LogP contribution in [0.25, 0.3) is 0 Å². The lowest BCUT2D eigenvalue weighted by Gasteiger charge is -2.20. The molecule has 2 aliphatic rings. The quantitative estimate of drug-likeness (QED) is 0.498. The molecule has 3 amide bonds. The normalized spacial score (nSPS) is 17.1. The number of nitrogens with zero attached hydrogens (tertiary/aromatic N) is 4. The Morgan fingerprint density at radius 2 is 1.89 bits per heavy atom. The highest BCUT2D eigenvalue weighted by Gasteiger charge is 2.32. The summed E-state index contributed by atoms with van der Waals surface area (Å²) in [7, 11) is 1.64. The van der Waals surface area contributed by atoms with Gasteiger partial charge >= 0.3 is 0 Å². The molecule has 2 aromatic carbocycles. The van der Waals surface area contributed by atoms with Crippen LogP contribution in [-0.2, 0) is 22.6 Å². The maximum atomic E-state index is 13.1. The Kier molecular flexibility index (Phi) is 6.66. The van der Waals surface area contributed by atoms with Crippen molar-refractivity contribution in [2.45, 2.75) is 44.3 Å². The van der Waals surface area contributed by atoms with E-state index < -0.39 is 11.9 Å². The van der Waals surface area contributed by atoms with E-state index in [1.807, 2.05) is 42.5 Å². The van der Waals surface area contributed by atoms with Crippen molar-refractivity contribution in [3.05, 3.63) is 71.8 Å². The van der Waals surface area contributed by atoms with Crippen molar-refractivity contribution in [3.63, 3.8) is 0 Å². The lowest BCUT2D eigenvalue weighted by Crippen LogP contribution is -2.49. The van der Waals surface area contributed by atoms with Crippen molar-refractivity contribution in [3.8, 4) is 5.75 Å². The van der Waals surface area contributed by atoms with Crippen LogP contribution in [0.4, 0.5) is 5.69 Å². The Balaban J connectivity index is 1.21. The number of carbonyl (C=O) groups is 3. The number of aryl methyl sites for hydroxylation is 1. The molecule has 10 heteroatoms. The van der Waals surface area contributed by atoms with Gasteiger partial charge in [-0.05, 0) is 42.5 Å². The van der Waals surface area contributed by atoms with E-state index in [0.717, 1.165) is 24.0 Å². The summed E-state index contributed by atoms with van der Waals surface area (Å²) >= 11 is 0. The molecule has 2 heterocycles. The first-order valence-electron chi connectivity index (χ1n) is 12.0. The van der Waals surface area contributed by atoms with Crippen LogP contribution in [0, 0.1) is 0 Å². The summed E-state index contributed by atoms with van der Waals surface area (Å²) in [5, 5.41) is 9.92. The molecule has 1 fully saturated rings. The number of ether oxygens (including phenoxy) is 1. The average Bonchev–Trinajstić information content (AvgIpc) is 3.60. The Hall–Kier alpha value is -4.21. The number of hydrogen-bond donors (Lipinski definition) is 2. The van der Waals surface area contributed by atoms with Gasteiger partial charge in [0.25, 0.3) is 11.8 Å². The van der Waals surface area contributed by atoms with Crippen LogP contribution >= 0.6 is 0 Å². The van der Waals surface area contributed by atoms with Gasteiger partial charge in [-0.3, -0.25) is 14.4 Å². The molecule has 2 N–H and O–H groups in total. The summed E-state index contributed by atoms with van der Waals surface area (Å²) < 4.78 is 7.44. The van der Waals surface area contributed by atoms with Gasteiger partial charge in [-0.15, -0.1) is 5.10 Å². The van der Waals surface area contributed by atoms with Crippen LogP contribution in [0.5, 0.6) is 5.75 Å². The number of amides is 3. The van der Waals surface area contributed by atoms with Gasteiger partial charge in [-0.2, -0.15) is 0 Å². The smallest absolute Gasteiger partial charge is 0.291 e. The number of fused-ring (bicyclic) bond motifs is 1. The molecule has 1 aromatic heterocycles. The first kappa shape index (κ1) is 23.5. The summed E-state index contributed by atoms with van der Waals surface area (Å²) in [6.07, 6.45) is 4.54. The van der Waals surface area contributed by atoms with E-state index in [-0.39, 0.29) is 24.2 Å². The molecule has 0 spiro atoms. The summed E-state index contributed by atoms with van der Waals surface area (Å²) in [6.45, 7) is 0.463. The van der Waals surface area contributed by atoms with E-state index >= 15 is 0 Å². The van der Waals surface area contributed by atoms with Crippen molar-refractivity contribution in [2.75, 3.05) is 18.6 Å². The van der Waals surface area contributed by atoms with Gasteiger partial charge in [-0.1, -0.05) is 36.4 Å². The summed E-state index contributed by atoms with van der Waals surface area (Å²) in [6, 6.07) is 14.7. The third-order valence-corrected chi connectivity index (χ3v) is 6.23. The van der Waals surface area contributed by atoms with Gasteiger partial charge in [-0.25, -0.2) is 9.67 Å². The van der Waals surface area contributed by atoms with Gasteiger partial charge in [0.05, 0.1) is 12.2 Å². The maximum absolute atomic E-state index is 13.1. The second-order valence-electron chi connectivity index (χ2n) is 9.13. The van der Waals surface area contributed by atoms with Crippen LogP contribution in [-0.4, -0.2) is 58.2 Å². The SMILES string of the molecule is CN1C(=O)[C@H](NC(=O)c2ncn(Cc3ccccc3)n2)COc2ccc(CCC(=O)NC3CC3)cc21. The lowest BCUT2D eigenvalue weighted by molar-refractivity contribution is -0.121. The number of nitrogens with one attached hydrogen (secondary N) is 2. The summed E-state index contributed by atoms with van der Waals surface area (Å²) in [4.78, 5) is 43.5. The number of hydrogen-bond acceptors (Lipinski definition) is 6. The van der Waals surface area contributed by atoms with Crippen molar-refractivity contribution < 1.29 is 19.1 Å². The Morgan fingerprint density at radius 3 is 2.67 bits per heavy atom. The van der Waals surface area contributed by atoms with E-state index in [2.05, 4.69) is 20.7 Å². The average molecular weight is 489 g/mol. The number of aromatic nitrogens is 3. The van der Waals surface area contributed by atoms with Crippen LogP contribution in [0.2, 0.25) is 0 Å². The molecule has 0 saturated heterocycles. The molecule has 0 bridgehead atoms. The molecule has 10 nitrogen and oxygen atoms in total. The van der Waals surface area contributed by atoms with Crippen molar-refractivity contribution in [1.29, 1.82) is 0 Å². The number of likely N-dealkylation sites (N-methyl/N-ethyl adjacent to an activating group) is 1. The van der Waals surface area contributed by atoms with E-state index in [1.165, 1.54) is 11.2 Å². The van der Waals surface area contributed by atoms with Crippen LogP contribution < -0.4 is 20.3 Å². The van der Waals surface area contributed by atoms with Gasteiger partial charge < -0.3 is 20.3 Å². The fraction of sp³-hybridized carbons (Fsp3) is 0.346. The van der Waals surface area contributed by atoms with Gasteiger partial charge in [0.15, 0.2) is 0 Å². The summed E-state index contributed by atoms with van der Waals surface area (Å²) in [5.41, 5.74) is 2.56. The fourth-order valence-corrected chi connectivity index (χ4v) is 4.06. The molecule has 3 aromatic rings. The molecule has 1 aliphatic carbocycles.